The van der Waals surface area contributed by atoms with E-state index in [0.29, 0.717) is 32.5 Å². The summed E-state index contributed by atoms with van der Waals surface area (Å²) in [6.45, 7) is 4.69. The van der Waals surface area contributed by atoms with Crippen LogP contribution in [0.1, 0.15) is 37.0 Å². The first-order valence-corrected chi connectivity index (χ1v) is 9.79. The van der Waals surface area contributed by atoms with Gasteiger partial charge in [0.05, 0.1) is 12.0 Å². The predicted molar refractivity (Wildman–Crippen MR) is 92.6 cm³/mol. The predicted octanol–water partition coefficient (Wildman–Crippen LogP) is 1.49. The zero-order valence-corrected chi connectivity index (χ0v) is 15.6. The molecule has 1 fully saturated rings. The van der Waals surface area contributed by atoms with Gasteiger partial charge in [0.15, 0.2) is 0 Å². The molecular formula is C17H24N2O5S. The first-order valence-electron chi connectivity index (χ1n) is 8.35. The second-order valence-electron chi connectivity index (χ2n) is 5.80. The van der Waals surface area contributed by atoms with E-state index in [-0.39, 0.29) is 16.4 Å². The molecule has 0 unspecified atom stereocenters. The van der Waals surface area contributed by atoms with Gasteiger partial charge in [0, 0.05) is 25.2 Å². The van der Waals surface area contributed by atoms with E-state index in [0.717, 1.165) is 0 Å². The van der Waals surface area contributed by atoms with Gasteiger partial charge in [-0.3, -0.25) is 4.79 Å². The summed E-state index contributed by atoms with van der Waals surface area (Å²) in [6.07, 6.45) is 1.26. The van der Waals surface area contributed by atoms with Gasteiger partial charge in [-0.2, -0.15) is 4.31 Å². The molecule has 1 aromatic carbocycles. The molecule has 1 aromatic rings. The fourth-order valence-corrected chi connectivity index (χ4v) is 4.56. The lowest BCUT2D eigenvalue weighted by atomic mass is 10.1. The molecule has 0 aliphatic carbocycles. The maximum atomic E-state index is 12.8. The number of rotatable bonds is 6. The molecule has 0 spiro atoms. The van der Waals surface area contributed by atoms with Crippen LogP contribution >= 0.6 is 0 Å². The minimum atomic E-state index is -3.64. The van der Waals surface area contributed by atoms with E-state index < -0.39 is 22.0 Å². The molecule has 1 aliphatic heterocycles. The van der Waals surface area contributed by atoms with E-state index in [1.807, 2.05) is 0 Å². The van der Waals surface area contributed by atoms with Gasteiger partial charge in [-0.25, -0.2) is 13.2 Å². The lowest BCUT2D eigenvalue weighted by Crippen LogP contribution is -2.41. The van der Waals surface area contributed by atoms with Crippen molar-refractivity contribution < 1.29 is 22.7 Å². The number of sulfonamides is 1. The molecule has 0 saturated carbocycles. The monoisotopic (exact) mass is 368 g/mol. The van der Waals surface area contributed by atoms with Crippen LogP contribution in [0.4, 0.5) is 0 Å². The Morgan fingerprint density at radius 3 is 2.56 bits per heavy atom. The first-order chi connectivity index (χ1) is 11.9. The third-order valence-electron chi connectivity index (χ3n) is 4.41. The van der Waals surface area contributed by atoms with E-state index in [9.17, 15) is 18.0 Å². The number of esters is 1. The number of methoxy groups -OCH3 is 1. The second kappa shape index (κ2) is 7.97. The summed E-state index contributed by atoms with van der Waals surface area (Å²) in [5.41, 5.74) is 0.254. The van der Waals surface area contributed by atoms with Crippen LogP contribution < -0.4 is 0 Å². The summed E-state index contributed by atoms with van der Waals surface area (Å²) < 4.78 is 31.4. The van der Waals surface area contributed by atoms with Gasteiger partial charge < -0.3 is 9.64 Å². The molecule has 138 valence electrons. The summed E-state index contributed by atoms with van der Waals surface area (Å²) in [5.74, 6) is -0.803. The fourth-order valence-electron chi connectivity index (χ4n) is 3.06. The Balaban J connectivity index is 2.32. The number of carbonyl (C=O) groups is 2. The van der Waals surface area contributed by atoms with E-state index in [1.54, 1.807) is 26.0 Å². The van der Waals surface area contributed by atoms with Gasteiger partial charge in [0.2, 0.25) is 10.0 Å². The van der Waals surface area contributed by atoms with Gasteiger partial charge >= 0.3 is 5.97 Å². The first kappa shape index (κ1) is 19.4. The maximum Gasteiger partial charge on any atom is 0.328 e. The van der Waals surface area contributed by atoms with E-state index in [4.69, 9.17) is 4.74 Å². The van der Waals surface area contributed by atoms with E-state index >= 15 is 0 Å². The molecule has 8 heteroatoms. The fraction of sp³-hybridized carbons (Fsp3) is 0.529. The van der Waals surface area contributed by atoms with E-state index in [2.05, 4.69) is 0 Å². The molecule has 0 aromatic heterocycles. The zero-order valence-electron chi connectivity index (χ0n) is 14.8. The van der Waals surface area contributed by atoms with Gasteiger partial charge in [-0.05, 0) is 31.0 Å². The molecule has 2 rings (SSSR count). The number of nitrogens with zero attached hydrogens (tertiary/aromatic N) is 2. The normalized spacial score (nSPS) is 17.8. The quantitative estimate of drug-likeness (QED) is 0.711. The maximum absolute atomic E-state index is 12.8. The molecule has 7 nitrogen and oxygen atoms in total. The smallest absolute Gasteiger partial charge is 0.328 e. The largest absolute Gasteiger partial charge is 0.467 e. The molecule has 0 N–H and O–H groups in total. The van der Waals surface area contributed by atoms with Crippen LogP contribution in [-0.4, -0.2) is 62.3 Å². The third-order valence-corrected chi connectivity index (χ3v) is 6.46. The highest BCUT2D eigenvalue weighted by Crippen LogP contribution is 2.23. The van der Waals surface area contributed by atoms with Gasteiger partial charge in [-0.15, -0.1) is 0 Å². The molecule has 0 radical (unpaired) electrons. The number of benzene rings is 1. The Kier molecular flexibility index (Phi) is 6.18. The molecule has 1 amide bonds. The summed E-state index contributed by atoms with van der Waals surface area (Å²) >= 11 is 0. The van der Waals surface area contributed by atoms with Crippen LogP contribution in [0.15, 0.2) is 29.2 Å². The molecule has 25 heavy (non-hydrogen) atoms. The highest BCUT2D eigenvalue weighted by atomic mass is 32.2. The third kappa shape index (κ3) is 3.85. The zero-order chi connectivity index (χ0) is 18.6. The molecule has 1 saturated heterocycles. The number of amides is 1. The topological polar surface area (TPSA) is 84.0 Å². The average molecular weight is 368 g/mol. The molecule has 1 atom stereocenters. The summed E-state index contributed by atoms with van der Waals surface area (Å²) in [5, 5.41) is 0. The Morgan fingerprint density at radius 1 is 1.28 bits per heavy atom. The molecule has 1 aliphatic rings. The van der Waals surface area contributed by atoms with Crippen molar-refractivity contribution in [2.75, 3.05) is 26.7 Å². The molecule has 0 bridgehead atoms. The van der Waals surface area contributed by atoms with Crippen molar-refractivity contribution in [1.82, 2.24) is 9.21 Å². The highest BCUT2D eigenvalue weighted by Gasteiger charge is 2.35. The Labute approximate surface area is 148 Å². The average Bonchev–Trinajstić information content (AvgIpc) is 3.11. The van der Waals surface area contributed by atoms with Crippen molar-refractivity contribution in [3.63, 3.8) is 0 Å². The Hall–Kier alpha value is -1.93. The minimum Gasteiger partial charge on any atom is -0.467 e. The Bertz CT molecular complexity index is 743. The number of hydrogen-bond donors (Lipinski definition) is 0. The van der Waals surface area contributed by atoms with Crippen molar-refractivity contribution in [2.45, 2.75) is 37.6 Å². The Morgan fingerprint density at radius 2 is 1.96 bits per heavy atom. The summed E-state index contributed by atoms with van der Waals surface area (Å²) in [6, 6.07) is 5.36. The van der Waals surface area contributed by atoms with Crippen LogP contribution in [0.5, 0.6) is 0 Å². The lowest BCUT2D eigenvalue weighted by molar-refractivity contribution is -0.145. The van der Waals surface area contributed by atoms with Crippen molar-refractivity contribution in [1.29, 1.82) is 0 Å². The van der Waals surface area contributed by atoms with Crippen LogP contribution in [0.2, 0.25) is 0 Å². The van der Waals surface area contributed by atoms with Crippen molar-refractivity contribution >= 4 is 21.9 Å². The standard InChI is InChI=1S/C17H24N2O5S/c1-4-18(5-2)25(22,23)14-9-6-8-13(12-14)16(20)19-11-7-10-15(19)17(21)24-3/h6,8-9,12,15H,4-5,7,10-11H2,1-3H3/t15-/m0/s1. The minimum absolute atomic E-state index is 0.0795. The number of likely N-dealkylation sites (tertiary alicyclic amines) is 1. The SMILES string of the molecule is CCN(CC)S(=O)(=O)c1cccc(C(=O)N2CCC[C@H]2C(=O)OC)c1. The number of ether oxygens (including phenoxy) is 1. The van der Waals surface area contributed by atoms with E-state index in [1.165, 1.54) is 28.4 Å². The highest BCUT2D eigenvalue weighted by molar-refractivity contribution is 7.89. The van der Waals surface area contributed by atoms with Crippen LogP contribution in [-0.2, 0) is 19.6 Å². The van der Waals surface area contributed by atoms with Crippen molar-refractivity contribution in [3.8, 4) is 0 Å². The van der Waals surface area contributed by atoms with Gasteiger partial charge in [-0.1, -0.05) is 19.9 Å². The second-order valence-corrected chi connectivity index (χ2v) is 7.73. The molecular weight excluding hydrogens is 344 g/mol. The van der Waals surface area contributed by atoms with Crippen molar-refractivity contribution in [3.05, 3.63) is 29.8 Å². The van der Waals surface area contributed by atoms with Crippen LogP contribution in [0, 0.1) is 0 Å². The molecule has 1 heterocycles. The lowest BCUT2D eigenvalue weighted by Gasteiger charge is -2.23. The van der Waals surface area contributed by atoms with Crippen LogP contribution in [0.3, 0.4) is 0 Å². The van der Waals surface area contributed by atoms with Crippen molar-refractivity contribution in [2.24, 2.45) is 0 Å². The number of carbonyl (C=O) groups excluding carboxylic acids is 2. The summed E-state index contributed by atoms with van der Waals surface area (Å²) in [7, 11) is -2.35. The van der Waals surface area contributed by atoms with Gasteiger partial charge in [0.1, 0.15) is 6.04 Å². The number of hydrogen-bond acceptors (Lipinski definition) is 5. The van der Waals surface area contributed by atoms with Crippen LogP contribution in [0.25, 0.3) is 0 Å². The summed E-state index contributed by atoms with van der Waals surface area (Å²) in [4.78, 5) is 26.1. The van der Waals surface area contributed by atoms with Gasteiger partial charge in [0.25, 0.3) is 5.91 Å².